The molecule has 6 nitrogen and oxygen atoms in total. The Morgan fingerprint density at radius 1 is 1.14 bits per heavy atom. The van der Waals surface area contributed by atoms with Crippen LogP contribution in [0, 0.1) is 11.3 Å². The van der Waals surface area contributed by atoms with Gasteiger partial charge in [0.15, 0.2) is 6.61 Å². The summed E-state index contributed by atoms with van der Waals surface area (Å²) in [6.45, 7) is -0.0235. The fourth-order valence-corrected chi connectivity index (χ4v) is 2.40. The minimum atomic E-state index is -3.66. The molecule has 0 aliphatic rings. The molecule has 0 saturated heterocycles. The minimum Gasteiger partial charge on any atom is -0.479 e. The number of sulfonamides is 1. The van der Waals surface area contributed by atoms with Crippen LogP contribution in [-0.2, 0) is 10.0 Å². The monoisotopic (exact) mass is 315 g/mol. The molecule has 0 amide bonds. The molecule has 2 rings (SSSR count). The first-order valence-electron chi connectivity index (χ1n) is 6.31. The Kier molecular flexibility index (Phi) is 5.11. The van der Waals surface area contributed by atoms with Gasteiger partial charge in [-0.2, -0.15) is 18.8 Å². The topological polar surface area (TPSA) is 91.5 Å². The maximum Gasteiger partial charge on any atom is 0.276 e. The van der Waals surface area contributed by atoms with E-state index in [1.165, 1.54) is 18.3 Å². The number of hydrogen-bond donors (Lipinski definition) is 1. The van der Waals surface area contributed by atoms with Gasteiger partial charge in [-0.15, -0.1) is 0 Å². The molecule has 22 heavy (non-hydrogen) atoms. The van der Waals surface area contributed by atoms with E-state index >= 15 is 0 Å². The third kappa shape index (κ3) is 4.33. The van der Waals surface area contributed by atoms with Gasteiger partial charge >= 0.3 is 0 Å². The Balaban J connectivity index is 1.99. The highest BCUT2D eigenvalue weighted by Gasteiger charge is 2.10. The van der Waals surface area contributed by atoms with Crippen LogP contribution in [-0.4, -0.2) is 21.2 Å². The number of nitrogens with one attached hydrogen (secondary N) is 1. The first kappa shape index (κ1) is 15.5. The largest absolute Gasteiger partial charge is 0.479 e. The highest BCUT2D eigenvalue weighted by molar-refractivity contribution is 7.89. The summed E-state index contributed by atoms with van der Waals surface area (Å²) in [6, 6.07) is 16.6. The standard InChI is InChI=1S/C15H13N3O3S/c16-10-11-21-14-8-6-13(7-9-14)12-17-18-22(19,20)15-4-2-1-3-5-15/h1-9,12,18H,11H2/b17-12+. The zero-order valence-corrected chi connectivity index (χ0v) is 12.3. The molecule has 0 saturated carbocycles. The minimum absolute atomic E-state index is 0.0235. The Morgan fingerprint density at radius 3 is 2.45 bits per heavy atom. The average Bonchev–Trinajstić information content (AvgIpc) is 2.55. The lowest BCUT2D eigenvalue weighted by atomic mass is 10.2. The molecule has 0 aliphatic heterocycles. The summed E-state index contributed by atoms with van der Waals surface area (Å²) in [5, 5.41) is 12.1. The SMILES string of the molecule is N#CCOc1ccc(/C=N/NS(=O)(=O)c2ccccc2)cc1. The number of hydrazone groups is 1. The number of hydrogen-bond acceptors (Lipinski definition) is 5. The molecule has 0 bridgehead atoms. The molecule has 0 atom stereocenters. The first-order chi connectivity index (χ1) is 10.6. The van der Waals surface area contributed by atoms with Gasteiger partial charge in [-0.3, -0.25) is 0 Å². The van der Waals surface area contributed by atoms with Crippen molar-refractivity contribution in [1.29, 1.82) is 5.26 Å². The smallest absolute Gasteiger partial charge is 0.276 e. The van der Waals surface area contributed by atoms with E-state index in [0.29, 0.717) is 11.3 Å². The first-order valence-corrected chi connectivity index (χ1v) is 7.80. The molecular weight excluding hydrogens is 302 g/mol. The van der Waals surface area contributed by atoms with E-state index in [4.69, 9.17) is 10.00 Å². The molecule has 0 aliphatic carbocycles. The van der Waals surface area contributed by atoms with Crippen molar-refractivity contribution in [2.24, 2.45) is 5.10 Å². The third-order valence-electron chi connectivity index (χ3n) is 2.62. The lowest BCUT2D eigenvalue weighted by Gasteiger charge is -2.03. The zero-order valence-electron chi connectivity index (χ0n) is 11.5. The molecule has 0 spiro atoms. The van der Waals surface area contributed by atoms with E-state index in [-0.39, 0.29) is 11.5 Å². The summed E-state index contributed by atoms with van der Waals surface area (Å²) >= 11 is 0. The van der Waals surface area contributed by atoms with E-state index in [9.17, 15) is 8.42 Å². The molecule has 0 fully saturated rings. The van der Waals surface area contributed by atoms with Crippen molar-refractivity contribution in [3.05, 3.63) is 60.2 Å². The maximum absolute atomic E-state index is 11.9. The van der Waals surface area contributed by atoms with Crippen LogP contribution in [0.2, 0.25) is 0 Å². The lowest BCUT2D eigenvalue weighted by Crippen LogP contribution is -2.18. The second-order valence-corrected chi connectivity index (χ2v) is 5.84. The molecule has 2 aromatic carbocycles. The highest BCUT2D eigenvalue weighted by Crippen LogP contribution is 2.11. The molecular formula is C15H13N3O3S. The molecule has 1 N–H and O–H groups in total. The van der Waals surface area contributed by atoms with Crippen molar-refractivity contribution in [3.63, 3.8) is 0 Å². The van der Waals surface area contributed by atoms with Crippen LogP contribution in [0.5, 0.6) is 5.75 Å². The molecule has 0 radical (unpaired) electrons. The third-order valence-corrected chi connectivity index (χ3v) is 3.86. The fraction of sp³-hybridized carbons (Fsp3) is 0.0667. The van der Waals surface area contributed by atoms with Gasteiger partial charge in [0.1, 0.15) is 11.8 Å². The van der Waals surface area contributed by atoms with Crippen LogP contribution < -0.4 is 9.57 Å². The van der Waals surface area contributed by atoms with Crippen LogP contribution in [0.1, 0.15) is 5.56 Å². The van der Waals surface area contributed by atoms with Crippen molar-refractivity contribution in [2.75, 3.05) is 6.61 Å². The summed E-state index contributed by atoms with van der Waals surface area (Å²) in [4.78, 5) is 2.29. The summed E-state index contributed by atoms with van der Waals surface area (Å²) in [5.74, 6) is 0.559. The van der Waals surface area contributed by atoms with Crippen LogP contribution in [0.25, 0.3) is 0 Å². The second kappa shape index (κ2) is 7.24. The normalized spacial score (nSPS) is 11.0. The quantitative estimate of drug-likeness (QED) is 0.651. The van der Waals surface area contributed by atoms with Crippen LogP contribution in [0.15, 0.2) is 64.6 Å². The predicted molar refractivity (Wildman–Crippen MR) is 81.9 cm³/mol. The van der Waals surface area contributed by atoms with Crippen molar-refractivity contribution in [2.45, 2.75) is 4.90 Å². The summed E-state index contributed by atoms with van der Waals surface area (Å²) < 4.78 is 28.9. The molecule has 0 aromatic heterocycles. The van der Waals surface area contributed by atoms with E-state index in [2.05, 4.69) is 9.93 Å². The summed E-state index contributed by atoms with van der Waals surface area (Å²) in [5.41, 5.74) is 0.695. The van der Waals surface area contributed by atoms with Gasteiger partial charge in [-0.25, -0.2) is 4.83 Å². The fourth-order valence-electron chi connectivity index (χ4n) is 1.59. The van der Waals surface area contributed by atoms with Gasteiger partial charge in [-0.05, 0) is 42.0 Å². The van der Waals surface area contributed by atoms with Crippen molar-refractivity contribution in [1.82, 2.24) is 4.83 Å². The van der Waals surface area contributed by atoms with Gasteiger partial charge in [-0.1, -0.05) is 18.2 Å². The highest BCUT2D eigenvalue weighted by atomic mass is 32.2. The lowest BCUT2D eigenvalue weighted by molar-refractivity contribution is 0.368. The van der Waals surface area contributed by atoms with E-state index in [1.54, 1.807) is 42.5 Å². The van der Waals surface area contributed by atoms with Gasteiger partial charge < -0.3 is 4.74 Å². The number of nitriles is 1. The Bertz CT molecular complexity index is 779. The van der Waals surface area contributed by atoms with Crippen LogP contribution in [0.4, 0.5) is 0 Å². The zero-order chi connectivity index (χ0) is 15.8. The predicted octanol–water partition coefficient (Wildman–Crippen LogP) is 1.90. The number of benzene rings is 2. The second-order valence-electron chi connectivity index (χ2n) is 4.18. The molecule has 0 unspecified atom stereocenters. The van der Waals surface area contributed by atoms with E-state index < -0.39 is 10.0 Å². The van der Waals surface area contributed by atoms with Gasteiger partial charge in [0.2, 0.25) is 0 Å². The Labute approximate surface area is 128 Å². The summed E-state index contributed by atoms with van der Waals surface area (Å²) in [6.07, 6.45) is 1.38. The van der Waals surface area contributed by atoms with Crippen LogP contribution >= 0.6 is 0 Å². The van der Waals surface area contributed by atoms with Crippen LogP contribution in [0.3, 0.4) is 0 Å². The number of rotatable bonds is 6. The average molecular weight is 315 g/mol. The molecule has 7 heteroatoms. The van der Waals surface area contributed by atoms with E-state index in [0.717, 1.165) is 0 Å². The molecule has 2 aromatic rings. The van der Waals surface area contributed by atoms with Crippen molar-refractivity contribution in [3.8, 4) is 11.8 Å². The van der Waals surface area contributed by atoms with Crippen molar-refractivity contribution < 1.29 is 13.2 Å². The molecule has 112 valence electrons. The maximum atomic E-state index is 11.9. The Hall–Kier alpha value is -2.85. The number of ether oxygens (including phenoxy) is 1. The van der Waals surface area contributed by atoms with Gasteiger partial charge in [0, 0.05) is 0 Å². The van der Waals surface area contributed by atoms with Gasteiger partial charge in [0.05, 0.1) is 11.1 Å². The van der Waals surface area contributed by atoms with E-state index in [1.807, 2.05) is 6.07 Å². The van der Waals surface area contributed by atoms with Crippen molar-refractivity contribution >= 4 is 16.2 Å². The Morgan fingerprint density at radius 2 is 1.82 bits per heavy atom. The molecule has 0 heterocycles. The van der Waals surface area contributed by atoms with Gasteiger partial charge in [0.25, 0.3) is 10.0 Å². The number of nitrogens with zero attached hydrogens (tertiary/aromatic N) is 2. The summed E-state index contributed by atoms with van der Waals surface area (Å²) in [7, 11) is -3.66.